The third kappa shape index (κ3) is 3.82. The predicted molar refractivity (Wildman–Crippen MR) is 115 cm³/mol. The number of fused-ring (bicyclic) bond motifs is 1. The van der Waals surface area contributed by atoms with E-state index in [4.69, 9.17) is 4.42 Å². The summed E-state index contributed by atoms with van der Waals surface area (Å²) in [5.41, 5.74) is 0.830. The number of furan rings is 1. The number of para-hydroxylation sites is 1. The molecule has 1 saturated carbocycles. The summed E-state index contributed by atoms with van der Waals surface area (Å²) in [6.45, 7) is 1.93. The van der Waals surface area contributed by atoms with Gasteiger partial charge in [-0.3, -0.25) is 9.36 Å². The Morgan fingerprint density at radius 3 is 2.93 bits per heavy atom. The first-order chi connectivity index (χ1) is 14.2. The van der Waals surface area contributed by atoms with Crippen molar-refractivity contribution in [2.45, 2.75) is 37.0 Å². The number of nitrogens with zero attached hydrogens (tertiary/aromatic N) is 3. The van der Waals surface area contributed by atoms with E-state index in [9.17, 15) is 4.79 Å². The Morgan fingerprint density at radius 2 is 2.17 bits per heavy atom. The van der Waals surface area contributed by atoms with E-state index in [1.807, 2.05) is 48.7 Å². The molecule has 5 rings (SSSR count). The number of benzene rings is 1. The molecule has 3 aromatic heterocycles. The van der Waals surface area contributed by atoms with Gasteiger partial charge in [-0.05, 0) is 43.3 Å². The highest BCUT2D eigenvalue weighted by molar-refractivity contribution is 7.99. The van der Waals surface area contributed by atoms with Crippen LogP contribution in [0, 0.1) is 0 Å². The second kappa shape index (κ2) is 7.68. The summed E-state index contributed by atoms with van der Waals surface area (Å²) in [5.74, 6) is 1.90. The highest BCUT2D eigenvalue weighted by atomic mass is 32.2. The van der Waals surface area contributed by atoms with Crippen LogP contribution < -0.4 is 5.32 Å². The van der Waals surface area contributed by atoms with Crippen LogP contribution in [0.2, 0.25) is 0 Å². The number of hydrogen-bond donors (Lipinski definition) is 1. The van der Waals surface area contributed by atoms with Crippen LogP contribution in [0.3, 0.4) is 0 Å². The number of aromatic nitrogens is 3. The van der Waals surface area contributed by atoms with Crippen LogP contribution >= 0.6 is 23.1 Å². The molecule has 29 heavy (non-hydrogen) atoms. The van der Waals surface area contributed by atoms with Crippen LogP contribution in [0.25, 0.3) is 21.7 Å². The van der Waals surface area contributed by atoms with E-state index >= 15 is 0 Å². The smallest absolute Gasteiger partial charge is 0.231 e. The first-order valence-corrected chi connectivity index (χ1v) is 11.4. The SMILES string of the molecule is C[C@@H](NC(=O)CSc1nnc(-c2cccs2)n1C1CC1)c1cc2ccccc2o1. The lowest BCUT2D eigenvalue weighted by atomic mass is 10.2. The van der Waals surface area contributed by atoms with Gasteiger partial charge >= 0.3 is 0 Å². The maximum atomic E-state index is 12.5. The lowest BCUT2D eigenvalue weighted by molar-refractivity contribution is -0.119. The van der Waals surface area contributed by atoms with Gasteiger partial charge in [0.15, 0.2) is 11.0 Å². The molecule has 148 valence electrons. The van der Waals surface area contributed by atoms with Crippen LogP contribution in [-0.2, 0) is 4.79 Å². The van der Waals surface area contributed by atoms with Gasteiger partial charge in [-0.2, -0.15) is 0 Å². The molecule has 0 spiro atoms. The minimum Gasteiger partial charge on any atom is -0.459 e. The summed E-state index contributed by atoms with van der Waals surface area (Å²) in [7, 11) is 0. The molecule has 0 bridgehead atoms. The van der Waals surface area contributed by atoms with E-state index in [2.05, 4.69) is 26.1 Å². The minimum atomic E-state index is -0.196. The normalized spacial score (nSPS) is 14.9. The number of carbonyl (C=O) groups excluding carboxylic acids is 1. The molecule has 0 saturated heterocycles. The van der Waals surface area contributed by atoms with Crippen molar-refractivity contribution < 1.29 is 9.21 Å². The number of nitrogens with one attached hydrogen (secondary N) is 1. The van der Waals surface area contributed by atoms with Crippen molar-refractivity contribution in [2.24, 2.45) is 0 Å². The average Bonchev–Trinajstić information content (AvgIpc) is 3.15. The molecular weight excluding hydrogens is 404 g/mol. The molecule has 1 aliphatic rings. The Kier molecular flexibility index (Phi) is 4.89. The largest absolute Gasteiger partial charge is 0.459 e. The van der Waals surface area contributed by atoms with Crippen molar-refractivity contribution in [1.82, 2.24) is 20.1 Å². The lowest BCUT2D eigenvalue weighted by Gasteiger charge is -2.11. The van der Waals surface area contributed by atoms with Gasteiger partial charge in [0.05, 0.1) is 16.7 Å². The Labute approximate surface area is 176 Å². The third-order valence-electron chi connectivity index (χ3n) is 4.90. The van der Waals surface area contributed by atoms with Gasteiger partial charge in [0.2, 0.25) is 5.91 Å². The zero-order chi connectivity index (χ0) is 19.8. The highest BCUT2D eigenvalue weighted by Crippen LogP contribution is 2.41. The van der Waals surface area contributed by atoms with E-state index in [1.165, 1.54) is 11.8 Å². The van der Waals surface area contributed by atoms with Crippen LogP contribution in [0.15, 0.2) is 57.4 Å². The van der Waals surface area contributed by atoms with Crippen LogP contribution in [0.1, 0.15) is 37.6 Å². The first kappa shape index (κ1) is 18.4. The minimum absolute atomic E-state index is 0.0500. The van der Waals surface area contributed by atoms with Gasteiger partial charge in [0, 0.05) is 11.4 Å². The summed E-state index contributed by atoms with van der Waals surface area (Å²) in [4.78, 5) is 13.6. The quantitative estimate of drug-likeness (QED) is 0.420. The molecule has 1 N–H and O–H groups in total. The number of thioether (sulfide) groups is 1. The van der Waals surface area contributed by atoms with Crippen LogP contribution in [0.5, 0.6) is 0 Å². The zero-order valence-electron chi connectivity index (χ0n) is 15.9. The molecule has 1 aliphatic carbocycles. The Balaban J connectivity index is 1.25. The topological polar surface area (TPSA) is 73.0 Å². The first-order valence-electron chi connectivity index (χ1n) is 9.58. The fourth-order valence-corrected chi connectivity index (χ4v) is 4.83. The molecule has 0 unspecified atom stereocenters. The molecule has 0 radical (unpaired) electrons. The van der Waals surface area contributed by atoms with Crippen molar-refractivity contribution in [3.63, 3.8) is 0 Å². The number of amides is 1. The molecule has 1 fully saturated rings. The molecule has 3 heterocycles. The molecule has 1 amide bonds. The standard InChI is InChI=1S/C21H20N4O2S2/c1-13(17-11-14-5-2-3-6-16(14)27-17)22-19(26)12-29-21-24-23-20(18-7-4-10-28-18)25(21)15-8-9-15/h2-7,10-11,13,15H,8-9,12H2,1H3,(H,22,26)/t13-/m1/s1. The summed E-state index contributed by atoms with van der Waals surface area (Å²) in [5, 5.41) is 15.6. The molecule has 6 nitrogen and oxygen atoms in total. The maximum absolute atomic E-state index is 12.5. The Morgan fingerprint density at radius 1 is 1.31 bits per heavy atom. The van der Waals surface area contributed by atoms with Crippen molar-refractivity contribution >= 4 is 40.0 Å². The molecule has 4 aromatic rings. The summed E-state index contributed by atoms with van der Waals surface area (Å²) >= 11 is 3.09. The number of thiophene rings is 1. The van der Waals surface area contributed by atoms with Crippen LogP contribution in [-0.4, -0.2) is 26.4 Å². The van der Waals surface area contributed by atoms with Gasteiger partial charge < -0.3 is 9.73 Å². The molecule has 8 heteroatoms. The second-order valence-electron chi connectivity index (χ2n) is 7.15. The fourth-order valence-electron chi connectivity index (χ4n) is 3.31. The van der Waals surface area contributed by atoms with E-state index in [0.717, 1.165) is 45.4 Å². The van der Waals surface area contributed by atoms with Crippen molar-refractivity contribution in [3.05, 3.63) is 53.6 Å². The van der Waals surface area contributed by atoms with Gasteiger partial charge in [-0.1, -0.05) is 36.0 Å². The molecule has 1 atom stereocenters. The van der Waals surface area contributed by atoms with Crippen molar-refractivity contribution in [2.75, 3.05) is 5.75 Å². The van der Waals surface area contributed by atoms with E-state index in [0.29, 0.717) is 11.8 Å². The summed E-state index contributed by atoms with van der Waals surface area (Å²) < 4.78 is 8.04. The Bertz CT molecular complexity index is 1110. The molecule has 1 aromatic carbocycles. The molecular formula is C21H20N4O2S2. The average molecular weight is 425 g/mol. The fraction of sp³-hybridized carbons (Fsp3) is 0.286. The lowest BCUT2D eigenvalue weighted by Crippen LogP contribution is -2.28. The van der Waals surface area contributed by atoms with Gasteiger partial charge in [-0.15, -0.1) is 21.5 Å². The predicted octanol–water partition coefficient (Wildman–Crippen LogP) is 5.06. The van der Waals surface area contributed by atoms with E-state index in [1.54, 1.807) is 11.3 Å². The van der Waals surface area contributed by atoms with E-state index in [-0.39, 0.29) is 11.9 Å². The molecule has 0 aliphatic heterocycles. The van der Waals surface area contributed by atoms with E-state index < -0.39 is 0 Å². The monoisotopic (exact) mass is 424 g/mol. The summed E-state index contributed by atoms with van der Waals surface area (Å²) in [6.07, 6.45) is 2.28. The van der Waals surface area contributed by atoms with Crippen molar-refractivity contribution in [1.29, 1.82) is 0 Å². The van der Waals surface area contributed by atoms with Gasteiger partial charge in [0.1, 0.15) is 11.3 Å². The summed E-state index contributed by atoms with van der Waals surface area (Å²) in [6, 6.07) is 14.2. The highest BCUT2D eigenvalue weighted by Gasteiger charge is 2.30. The maximum Gasteiger partial charge on any atom is 0.231 e. The third-order valence-corrected chi connectivity index (χ3v) is 6.71. The van der Waals surface area contributed by atoms with Crippen molar-refractivity contribution in [3.8, 4) is 10.7 Å². The second-order valence-corrected chi connectivity index (χ2v) is 9.04. The number of rotatable bonds is 7. The van der Waals surface area contributed by atoms with Gasteiger partial charge in [0.25, 0.3) is 0 Å². The van der Waals surface area contributed by atoms with Crippen LogP contribution in [0.4, 0.5) is 0 Å². The number of carbonyl (C=O) groups is 1. The zero-order valence-corrected chi connectivity index (χ0v) is 17.5. The van der Waals surface area contributed by atoms with Gasteiger partial charge in [-0.25, -0.2) is 0 Å². The Hall–Kier alpha value is -2.58. The number of hydrogen-bond acceptors (Lipinski definition) is 6.